The van der Waals surface area contributed by atoms with Gasteiger partial charge in [-0.25, -0.2) is 0 Å². The molecule has 0 fully saturated rings. The standard InChI is InChI=1S/C7H8N3OS.3C4H9.Sn/c1-5-3-10-4-8-6(9-11-2)7(10)12-5;3*1-3-4-2;/h4,7H,1-2H3;3*1,3-4H2,2H3;. The third-order valence-electron chi connectivity index (χ3n) is 5.38. The Hall–Kier alpha value is -0.171. The van der Waals surface area contributed by atoms with Gasteiger partial charge >= 0.3 is 163 Å². The van der Waals surface area contributed by atoms with Gasteiger partial charge in [0, 0.05) is 0 Å². The molecule has 2 aliphatic heterocycles. The summed E-state index contributed by atoms with van der Waals surface area (Å²) in [6, 6.07) is 0. The molecular formula is C19H35N3OSSn. The summed E-state index contributed by atoms with van der Waals surface area (Å²) in [7, 11) is 1.61. The molecule has 0 aromatic rings. The second-order valence-corrected chi connectivity index (χ2v) is 21.5. The zero-order valence-corrected chi connectivity index (χ0v) is 20.3. The Balaban J connectivity index is 2.35. The molecule has 0 saturated heterocycles. The molecule has 0 bridgehead atoms. The van der Waals surface area contributed by atoms with Crippen LogP contribution in [0.5, 0.6) is 0 Å². The number of hydrogen-bond donors (Lipinski definition) is 0. The van der Waals surface area contributed by atoms with Crippen molar-refractivity contribution in [3.8, 4) is 0 Å². The molecule has 2 aliphatic rings. The average Bonchev–Trinajstić information content (AvgIpc) is 3.14. The van der Waals surface area contributed by atoms with Crippen LogP contribution in [0.1, 0.15) is 66.2 Å². The van der Waals surface area contributed by atoms with Gasteiger partial charge in [-0.15, -0.1) is 0 Å². The molecule has 2 rings (SSSR count). The van der Waals surface area contributed by atoms with Crippen molar-refractivity contribution >= 4 is 42.3 Å². The number of nitrogens with zero attached hydrogens (tertiary/aromatic N) is 3. The molecule has 0 aromatic heterocycles. The van der Waals surface area contributed by atoms with Crippen LogP contribution in [0.2, 0.25) is 13.3 Å². The average molecular weight is 472 g/mol. The molecule has 2 heterocycles. The Labute approximate surface area is 162 Å². The van der Waals surface area contributed by atoms with E-state index < -0.39 is 18.4 Å². The van der Waals surface area contributed by atoms with Crippen LogP contribution in [0.25, 0.3) is 0 Å². The van der Waals surface area contributed by atoms with Crippen molar-refractivity contribution in [1.82, 2.24) is 4.90 Å². The van der Waals surface area contributed by atoms with Crippen molar-refractivity contribution < 1.29 is 4.84 Å². The fraction of sp³-hybridized carbons (Fsp3) is 0.789. The number of hydrogen-bond acceptors (Lipinski definition) is 4. The summed E-state index contributed by atoms with van der Waals surface area (Å²) in [5.74, 6) is 0.823. The van der Waals surface area contributed by atoms with E-state index in [-0.39, 0.29) is 5.37 Å². The zero-order chi connectivity index (χ0) is 18.3. The summed E-state index contributed by atoms with van der Waals surface area (Å²) in [6.45, 7) is 9.35. The fourth-order valence-corrected chi connectivity index (χ4v) is 24.6. The Morgan fingerprint density at radius 2 is 1.68 bits per heavy atom. The first-order chi connectivity index (χ1) is 12.1. The number of rotatable bonds is 11. The molecule has 142 valence electrons. The first kappa shape index (κ1) is 21.1. The van der Waals surface area contributed by atoms with E-state index >= 15 is 0 Å². The Morgan fingerprint density at radius 1 is 1.12 bits per heavy atom. The van der Waals surface area contributed by atoms with E-state index in [1.807, 2.05) is 18.1 Å². The summed E-state index contributed by atoms with van der Waals surface area (Å²) in [4.78, 5) is 13.6. The fourth-order valence-electron chi connectivity index (χ4n) is 4.14. The molecule has 0 spiro atoms. The van der Waals surface area contributed by atoms with Gasteiger partial charge in [-0.1, -0.05) is 0 Å². The van der Waals surface area contributed by atoms with E-state index in [2.05, 4.69) is 42.7 Å². The molecule has 0 aromatic carbocycles. The number of allylic oxidation sites excluding steroid dienone is 1. The number of unbranched alkanes of at least 4 members (excludes halogenated alkanes) is 3. The molecule has 1 atom stereocenters. The van der Waals surface area contributed by atoms with Crippen LogP contribution in [0.3, 0.4) is 0 Å². The summed E-state index contributed by atoms with van der Waals surface area (Å²) in [5.41, 5.74) is 0. The summed E-state index contributed by atoms with van der Waals surface area (Å²) in [5, 5.41) is 4.38. The van der Waals surface area contributed by atoms with Crippen molar-refractivity contribution in [2.24, 2.45) is 10.1 Å². The third-order valence-corrected chi connectivity index (χ3v) is 23.0. The maximum atomic E-state index is 5.02. The van der Waals surface area contributed by atoms with Gasteiger partial charge in [0.1, 0.15) is 0 Å². The van der Waals surface area contributed by atoms with Gasteiger partial charge in [0.05, 0.1) is 0 Å². The SMILES string of the molecule is CCC[CH2][Sn]([CH2]CCC)([CH2]CCC)[C]1=C(C)SC2C(=NOC)N=CN12. The summed E-state index contributed by atoms with van der Waals surface area (Å²) >= 11 is -0.514. The normalized spacial score (nSPS) is 21.6. The van der Waals surface area contributed by atoms with E-state index in [4.69, 9.17) is 4.84 Å². The first-order valence-electron chi connectivity index (χ1n) is 9.95. The number of oxime groups is 1. The van der Waals surface area contributed by atoms with Crippen LogP contribution >= 0.6 is 11.8 Å². The summed E-state index contributed by atoms with van der Waals surface area (Å²) in [6.07, 6.45) is 10.1. The second-order valence-electron chi connectivity index (χ2n) is 7.25. The first-order valence-corrected chi connectivity index (χ1v) is 18.3. The van der Waals surface area contributed by atoms with Crippen molar-refractivity contribution in [2.45, 2.75) is 84.9 Å². The molecule has 1 unspecified atom stereocenters. The molecule has 25 heavy (non-hydrogen) atoms. The van der Waals surface area contributed by atoms with Gasteiger partial charge in [-0.05, 0) is 0 Å². The molecule has 0 saturated carbocycles. The van der Waals surface area contributed by atoms with E-state index in [1.54, 1.807) is 15.7 Å². The molecule has 0 radical (unpaired) electrons. The third kappa shape index (κ3) is 4.76. The predicted octanol–water partition coefficient (Wildman–Crippen LogP) is 5.98. The Bertz CT molecular complexity index is 511. The van der Waals surface area contributed by atoms with Crippen molar-refractivity contribution in [3.05, 3.63) is 8.62 Å². The monoisotopic (exact) mass is 473 g/mol. The number of aliphatic imine (C=N–C) groups is 1. The maximum absolute atomic E-state index is 5.02. The van der Waals surface area contributed by atoms with Crippen LogP contribution in [0.15, 0.2) is 18.8 Å². The van der Waals surface area contributed by atoms with E-state index in [0.29, 0.717) is 0 Å². The quantitative estimate of drug-likeness (QED) is 0.274. The number of amidine groups is 1. The van der Waals surface area contributed by atoms with Gasteiger partial charge in [0.25, 0.3) is 0 Å². The molecule has 0 N–H and O–H groups in total. The van der Waals surface area contributed by atoms with E-state index in [0.717, 1.165) is 5.84 Å². The van der Waals surface area contributed by atoms with Crippen LogP contribution in [0.4, 0.5) is 0 Å². The van der Waals surface area contributed by atoms with Crippen molar-refractivity contribution in [1.29, 1.82) is 0 Å². The summed E-state index contributed by atoms with van der Waals surface area (Å²) < 4.78 is 6.20. The van der Waals surface area contributed by atoms with Gasteiger partial charge in [-0.3, -0.25) is 0 Å². The van der Waals surface area contributed by atoms with Crippen LogP contribution in [-0.4, -0.2) is 47.9 Å². The molecular weight excluding hydrogens is 437 g/mol. The molecule has 0 amide bonds. The van der Waals surface area contributed by atoms with Crippen LogP contribution in [0, 0.1) is 0 Å². The topological polar surface area (TPSA) is 37.2 Å². The zero-order valence-electron chi connectivity index (χ0n) is 16.7. The van der Waals surface area contributed by atoms with Crippen molar-refractivity contribution in [2.75, 3.05) is 7.11 Å². The van der Waals surface area contributed by atoms with Gasteiger partial charge < -0.3 is 0 Å². The minimum absolute atomic E-state index is 0.218. The van der Waals surface area contributed by atoms with Gasteiger partial charge in [0.2, 0.25) is 0 Å². The van der Waals surface area contributed by atoms with E-state index in [1.165, 1.54) is 51.8 Å². The molecule has 0 aliphatic carbocycles. The number of fused-ring (bicyclic) bond motifs is 1. The number of thioether (sulfide) groups is 1. The van der Waals surface area contributed by atoms with Crippen LogP contribution < -0.4 is 0 Å². The minimum atomic E-state index is -2.46. The molecule has 6 heteroatoms. The van der Waals surface area contributed by atoms with E-state index in [9.17, 15) is 0 Å². The van der Waals surface area contributed by atoms with Gasteiger partial charge in [-0.2, -0.15) is 0 Å². The predicted molar refractivity (Wildman–Crippen MR) is 114 cm³/mol. The van der Waals surface area contributed by atoms with Gasteiger partial charge in [0.15, 0.2) is 0 Å². The van der Waals surface area contributed by atoms with Crippen molar-refractivity contribution in [3.63, 3.8) is 0 Å². The second kappa shape index (κ2) is 10.2. The Morgan fingerprint density at radius 3 is 2.16 bits per heavy atom. The molecule has 4 nitrogen and oxygen atoms in total. The Kier molecular flexibility index (Phi) is 8.65. The van der Waals surface area contributed by atoms with Crippen LogP contribution in [-0.2, 0) is 4.84 Å².